The van der Waals surface area contributed by atoms with E-state index in [1.807, 2.05) is 38.1 Å². The van der Waals surface area contributed by atoms with E-state index in [2.05, 4.69) is 20.4 Å². The summed E-state index contributed by atoms with van der Waals surface area (Å²) in [6, 6.07) is 7.90. The molecule has 0 aliphatic rings. The van der Waals surface area contributed by atoms with Gasteiger partial charge in [-0.1, -0.05) is 30.0 Å². The van der Waals surface area contributed by atoms with Crippen LogP contribution in [-0.2, 0) is 0 Å². The van der Waals surface area contributed by atoms with Gasteiger partial charge in [0.05, 0.1) is 5.25 Å². The summed E-state index contributed by atoms with van der Waals surface area (Å²) in [5.74, 6) is 1.61. The molecule has 108 valence electrons. The van der Waals surface area contributed by atoms with Gasteiger partial charge < -0.3 is 8.83 Å². The second-order valence-corrected chi connectivity index (χ2v) is 5.90. The fourth-order valence-electron chi connectivity index (χ4n) is 1.86. The van der Waals surface area contributed by atoms with Gasteiger partial charge in [0.2, 0.25) is 17.7 Å². The summed E-state index contributed by atoms with van der Waals surface area (Å²) < 4.78 is 11.1. The maximum absolute atomic E-state index is 5.70. The molecular weight excluding hydrogens is 288 g/mol. The zero-order valence-corrected chi connectivity index (χ0v) is 12.7. The summed E-state index contributed by atoms with van der Waals surface area (Å²) in [7, 11) is 0. The maximum atomic E-state index is 5.70. The molecule has 0 saturated heterocycles. The zero-order chi connectivity index (χ0) is 14.8. The predicted octanol–water partition coefficient (Wildman–Crippen LogP) is 3.59. The molecule has 0 aliphatic carbocycles. The number of hydrogen-bond donors (Lipinski definition) is 0. The van der Waals surface area contributed by atoms with Gasteiger partial charge in [0.25, 0.3) is 5.22 Å². The molecule has 1 unspecified atom stereocenters. The van der Waals surface area contributed by atoms with Crippen LogP contribution >= 0.6 is 11.8 Å². The van der Waals surface area contributed by atoms with Crippen molar-refractivity contribution in [3.8, 4) is 11.5 Å². The highest BCUT2D eigenvalue weighted by Gasteiger charge is 2.18. The van der Waals surface area contributed by atoms with E-state index in [-0.39, 0.29) is 5.25 Å². The molecule has 0 aliphatic heterocycles. The van der Waals surface area contributed by atoms with Crippen LogP contribution in [0.5, 0.6) is 0 Å². The summed E-state index contributed by atoms with van der Waals surface area (Å²) in [6.07, 6.45) is 0. The summed E-state index contributed by atoms with van der Waals surface area (Å²) in [4.78, 5) is 0. The van der Waals surface area contributed by atoms with Crippen LogP contribution in [0, 0.1) is 13.8 Å². The van der Waals surface area contributed by atoms with Crippen LogP contribution in [0.2, 0.25) is 0 Å². The van der Waals surface area contributed by atoms with E-state index < -0.39 is 0 Å². The SMILES string of the molecule is Cc1nnc(C(C)Sc2nnc(-c3ccccc3C)o2)o1. The first-order chi connectivity index (χ1) is 10.1. The van der Waals surface area contributed by atoms with E-state index in [1.165, 1.54) is 11.8 Å². The van der Waals surface area contributed by atoms with Gasteiger partial charge in [0.15, 0.2) is 0 Å². The van der Waals surface area contributed by atoms with E-state index >= 15 is 0 Å². The Hall–Kier alpha value is -2.15. The molecule has 3 rings (SSSR count). The average Bonchev–Trinajstić information content (AvgIpc) is 3.08. The molecule has 2 heterocycles. The quantitative estimate of drug-likeness (QED) is 0.681. The van der Waals surface area contributed by atoms with Crippen LogP contribution in [0.3, 0.4) is 0 Å². The molecule has 0 fully saturated rings. The highest BCUT2D eigenvalue weighted by molar-refractivity contribution is 7.99. The van der Waals surface area contributed by atoms with Crippen LogP contribution in [0.15, 0.2) is 38.3 Å². The second-order valence-electron chi connectivity index (χ2n) is 4.61. The second kappa shape index (κ2) is 5.69. The van der Waals surface area contributed by atoms with Crippen LogP contribution in [0.4, 0.5) is 0 Å². The van der Waals surface area contributed by atoms with Crippen molar-refractivity contribution in [2.75, 3.05) is 0 Å². The van der Waals surface area contributed by atoms with Crippen molar-refractivity contribution in [1.82, 2.24) is 20.4 Å². The Kier molecular flexibility index (Phi) is 3.74. The molecule has 0 bridgehead atoms. The van der Waals surface area contributed by atoms with Crippen molar-refractivity contribution in [3.63, 3.8) is 0 Å². The third-order valence-corrected chi connectivity index (χ3v) is 3.87. The van der Waals surface area contributed by atoms with Crippen molar-refractivity contribution < 1.29 is 8.83 Å². The molecule has 0 amide bonds. The summed E-state index contributed by atoms with van der Waals surface area (Å²) in [6.45, 7) is 5.72. The lowest BCUT2D eigenvalue weighted by atomic mass is 10.1. The number of hydrogen-bond acceptors (Lipinski definition) is 7. The van der Waals surface area contributed by atoms with Gasteiger partial charge in [-0.05, 0) is 25.5 Å². The molecule has 1 atom stereocenters. The monoisotopic (exact) mass is 302 g/mol. The number of aryl methyl sites for hydroxylation is 2. The molecule has 0 spiro atoms. The summed E-state index contributed by atoms with van der Waals surface area (Å²) in [5.41, 5.74) is 2.04. The number of rotatable bonds is 4. The van der Waals surface area contributed by atoms with Crippen molar-refractivity contribution in [2.45, 2.75) is 31.2 Å². The molecule has 3 aromatic rings. The molecule has 6 nitrogen and oxygen atoms in total. The zero-order valence-electron chi connectivity index (χ0n) is 11.9. The highest BCUT2D eigenvalue weighted by Crippen LogP contribution is 2.34. The van der Waals surface area contributed by atoms with Crippen LogP contribution in [0.1, 0.15) is 29.5 Å². The number of benzene rings is 1. The minimum atomic E-state index is -0.0450. The number of aromatic nitrogens is 4. The molecule has 0 N–H and O–H groups in total. The first kappa shape index (κ1) is 13.8. The van der Waals surface area contributed by atoms with Crippen molar-refractivity contribution >= 4 is 11.8 Å². The van der Waals surface area contributed by atoms with Crippen LogP contribution < -0.4 is 0 Å². The lowest BCUT2D eigenvalue weighted by molar-refractivity contribution is 0.454. The first-order valence-electron chi connectivity index (χ1n) is 6.49. The van der Waals surface area contributed by atoms with Gasteiger partial charge in [0.1, 0.15) is 0 Å². The molecule has 0 saturated carbocycles. The first-order valence-corrected chi connectivity index (χ1v) is 7.37. The maximum Gasteiger partial charge on any atom is 0.277 e. The third kappa shape index (κ3) is 2.97. The largest absolute Gasteiger partial charge is 0.424 e. The average molecular weight is 302 g/mol. The molecule has 7 heteroatoms. The fraction of sp³-hybridized carbons (Fsp3) is 0.286. The predicted molar refractivity (Wildman–Crippen MR) is 77.8 cm³/mol. The minimum Gasteiger partial charge on any atom is -0.424 e. The third-order valence-electron chi connectivity index (χ3n) is 2.95. The fourth-order valence-corrected chi connectivity index (χ4v) is 2.57. The van der Waals surface area contributed by atoms with Crippen LogP contribution in [-0.4, -0.2) is 20.4 Å². The molecule has 2 aromatic heterocycles. The lowest BCUT2D eigenvalue weighted by Crippen LogP contribution is -1.88. The van der Waals surface area contributed by atoms with Crippen molar-refractivity contribution in [1.29, 1.82) is 0 Å². The Labute approximate surface area is 126 Å². The van der Waals surface area contributed by atoms with Gasteiger partial charge in [-0.15, -0.1) is 20.4 Å². The highest BCUT2D eigenvalue weighted by atomic mass is 32.2. The number of thioether (sulfide) groups is 1. The van der Waals surface area contributed by atoms with Gasteiger partial charge in [-0.2, -0.15) is 0 Å². The smallest absolute Gasteiger partial charge is 0.277 e. The standard InChI is InChI=1S/C14H14N4O2S/c1-8-6-4-5-7-11(8)13-17-18-14(20-13)21-9(2)12-16-15-10(3)19-12/h4-7,9H,1-3H3. The van der Waals surface area contributed by atoms with E-state index in [0.717, 1.165) is 11.1 Å². The molecular formula is C14H14N4O2S. The Morgan fingerprint density at radius 1 is 1.00 bits per heavy atom. The van der Waals surface area contributed by atoms with E-state index in [4.69, 9.17) is 8.83 Å². The summed E-state index contributed by atoms with van der Waals surface area (Å²) >= 11 is 1.39. The van der Waals surface area contributed by atoms with Crippen molar-refractivity contribution in [2.24, 2.45) is 0 Å². The van der Waals surface area contributed by atoms with Crippen molar-refractivity contribution in [3.05, 3.63) is 41.6 Å². The Morgan fingerprint density at radius 2 is 1.81 bits per heavy atom. The van der Waals surface area contributed by atoms with Gasteiger partial charge in [-0.25, -0.2) is 0 Å². The van der Waals surface area contributed by atoms with E-state index in [1.54, 1.807) is 6.92 Å². The molecule has 0 radical (unpaired) electrons. The van der Waals surface area contributed by atoms with E-state index in [0.29, 0.717) is 22.9 Å². The minimum absolute atomic E-state index is 0.0450. The van der Waals surface area contributed by atoms with Gasteiger partial charge in [-0.3, -0.25) is 0 Å². The van der Waals surface area contributed by atoms with Gasteiger partial charge in [0, 0.05) is 12.5 Å². The van der Waals surface area contributed by atoms with E-state index in [9.17, 15) is 0 Å². The summed E-state index contributed by atoms with van der Waals surface area (Å²) in [5, 5.41) is 16.4. The molecule has 21 heavy (non-hydrogen) atoms. The topological polar surface area (TPSA) is 77.8 Å². The van der Waals surface area contributed by atoms with Gasteiger partial charge >= 0.3 is 0 Å². The normalized spacial score (nSPS) is 12.5. The number of nitrogens with zero attached hydrogens (tertiary/aromatic N) is 4. The Bertz CT molecular complexity index is 753. The molecule has 1 aromatic carbocycles. The lowest BCUT2D eigenvalue weighted by Gasteiger charge is -2.01. The Balaban J connectivity index is 1.78. The Morgan fingerprint density at radius 3 is 2.52 bits per heavy atom. The van der Waals surface area contributed by atoms with Crippen LogP contribution in [0.25, 0.3) is 11.5 Å².